The van der Waals surface area contributed by atoms with Crippen LogP contribution in [0, 0.1) is 5.92 Å². The molecule has 0 aliphatic carbocycles. The fraction of sp³-hybridized carbons (Fsp3) is 0.474. The van der Waals surface area contributed by atoms with Crippen LogP contribution >= 0.6 is 24.0 Å². The minimum absolute atomic E-state index is 0.0737. The number of piperidine rings is 1. The minimum atomic E-state index is -0.494. The van der Waals surface area contributed by atoms with Crippen molar-refractivity contribution in [2.75, 3.05) is 37.8 Å². The summed E-state index contributed by atoms with van der Waals surface area (Å²) in [6.07, 6.45) is 2.21. The van der Waals surface area contributed by atoms with Crippen molar-refractivity contribution in [3.05, 3.63) is 29.8 Å². The van der Waals surface area contributed by atoms with Crippen molar-refractivity contribution in [1.82, 2.24) is 10.2 Å². The number of hydrogen-bond acceptors (Lipinski definition) is 6. The number of nitrogens with one attached hydrogen (secondary N) is 2. The first-order chi connectivity index (χ1) is 13.4. The largest absolute Gasteiger partial charge is 0.455 e. The average molecular weight is 424 g/mol. The summed E-state index contributed by atoms with van der Waals surface area (Å²) in [5.41, 5.74) is 0.881. The van der Waals surface area contributed by atoms with E-state index >= 15 is 0 Å². The lowest BCUT2D eigenvalue weighted by Gasteiger charge is -2.31. The molecule has 2 rings (SSSR count). The fourth-order valence-corrected chi connectivity index (χ4v) is 3.72. The third kappa shape index (κ3) is 7.12. The zero-order valence-electron chi connectivity index (χ0n) is 16.0. The monoisotopic (exact) mass is 423 g/mol. The molecule has 9 heteroatoms. The third-order valence-corrected chi connectivity index (χ3v) is 5.85. The summed E-state index contributed by atoms with van der Waals surface area (Å²) in [4.78, 5) is 37.5. The van der Waals surface area contributed by atoms with Crippen molar-refractivity contribution in [2.24, 2.45) is 5.92 Å². The lowest BCUT2D eigenvalue weighted by atomic mass is 10.00. The molecule has 7 nitrogen and oxygen atoms in total. The Balaban J connectivity index is 1.70. The van der Waals surface area contributed by atoms with Crippen LogP contribution in [-0.4, -0.2) is 59.5 Å². The second-order valence-electron chi connectivity index (χ2n) is 6.59. The average Bonchev–Trinajstić information content (AvgIpc) is 2.70. The van der Waals surface area contributed by atoms with E-state index in [2.05, 4.69) is 22.5 Å². The molecule has 2 amide bonds. The summed E-state index contributed by atoms with van der Waals surface area (Å²) >= 11 is 6.63. The molecule has 1 heterocycles. The molecule has 1 aliphatic heterocycles. The van der Waals surface area contributed by atoms with Gasteiger partial charge in [-0.15, -0.1) is 0 Å². The van der Waals surface area contributed by atoms with E-state index < -0.39 is 18.5 Å². The molecule has 2 N–H and O–H groups in total. The molecule has 0 bridgehead atoms. The van der Waals surface area contributed by atoms with Gasteiger partial charge in [-0.1, -0.05) is 37.0 Å². The molecule has 1 aromatic carbocycles. The van der Waals surface area contributed by atoms with Gasteiger partial charge in [-0.25, -0.2) is 0 Å². The molecule has 0 spiro atoms. The first kappa shape index (κ1) is 22.2. The van der Waals surface area contributed by atoms with Crippen LogP contribution in [0.2, 0.25) is 0 Å². The highest BCUT2D eigenvalue weighted by Gasteiger charge is 2.19. The zero-order chi connectivity index (χ0) is 20.5. The van der Waals surface area contributed by atoms with Gasteiger partial charge in [-0.2, -0.15) is 0 Å². The van der Waals surface area contributed by atoms with E-state index in [1.54, 1.807) is 24.3 Å². The Morgan fingerprint density at radius 3 is 2.68 bits per heavy atom. The van der Waals surface area contributed by atoms with Gasteiger partial charge in [0.25, 0.3) is 11.8 Å². The number of likely N-dealkylation sites (tertiary alicyclic amines) is 1. The molecule has 1 saturated heterocycles. The molecule has 1 fully saturated rings. The predicted molar refractivity (Wildman–Crippen MR) is 114 cm³/mol. The Morgan fingerprint density at radius 2 is 2.00 bits per heavy atom. The standard InChI is InChI=1S/C19H25N3O4S2/c1-13-6-8-22(9-7-13)19(27)28-12-17(24)26-11-16(23)21-15-5-3-4-14(10-15)18(25)20-2/h3-5,10,13H,6-9,11-12H2,1-2H3,(H,20,25)(H,21,23). The van der Waals surface area contributed by atoms with E-state index in [9.17, 15) is 14.4 Å². The highest BCUT2D eigenvalue weighted by Crippen LogP contribution is 2.20. The molecule has 0 atom stereocenters. The van der Waals surface area contributed by atoms with E-state index in [0.717, 1.165) is 25.9 Å². The van der Waals surface area contributed by atoms with Gasteiger partial charge in [0.15, 0.2) is 6.61 Å². The van der Waals surface area contributed by atoms with Crippen LogP contribution in [0.4, 0.5) is 5.69 Å². The van der Waals surface area contributed by atoms with Crippen molar-refractivity contribution < 1.29 is 19.1 Å². The van der Waals surface area contributed by atoms with Crippen molar-refractivity contribution in [2.45, 2.75) is 19.8 Å². The second kappa shape index (κ2) is 11.0. The Kier molecular flexibility index (Phi) is 8.72. The predicted octanol–water partition coefficient (Wildman–Crippen LogP) is 2.28. The van der Waals surface area contributed by atoms with Crippen LogP contribution in [0.25, 0.3) is 0 Å². The fourth-order valence-electron chi connectivity index (χ4n) is 2.67. The Hall–Kier alpha value is -2.13. The van der Waals surface area contributed by atoms with Crippen LogP contribution < -0.4 is 10.6 Å². The van der Waals surface area contributed by atoms with E-state index in [-0.39, 0.29) is 11.7 Å². The third-order valence-electron chi connectivity index (χ3n) is 4.36. The SMILES string of the molecule is CNC(=O)c1cccc(NC(=O)COC(=O)CSC(=S)N2CCC(C)CC2)c1. The minimum Gasteiger partial charge on any atom is -0.455 e. The van der Waals surface area contributed by atoms with Crippen LogP contribution in [0.1, 0.15) is 30.1 Å². The lowest BCUT2D eigenvalue weighted by Crippen LogP contribution is -2.36. The molecule has 0 aromatic heterocycles. The quantitative estimate of drug-likeness (QED) is 0.536. The van der Waals surface area contributed by atoms with Crippen LogP contribution in [-0.2, 0) is 14.3 Å². The van der Waals surface area contributed by atoms with Crippen molar-refractivity contribution in [1.29, 1.82) is 0 Å². The van der Waals surface area contributed by atoms with E-state index in [1.807, 2.05) is 0 Å². The Bertz CT molecular complexity index is 734. The first-order valence-electron chi connectivity index (χ1n) is 9.08. The van der Waals surface area contributed by atoms with Gasteiger partial charge >= 0.3 is 5.97 Å². The number of rotatable bonds is 6. The van der Waals surface area contributed by atoms with Gasteiger partial charge in [0.05, 0.1) is 5.75 Å². The van der Waals surface area contributed by atoms with E-state index in [0.29, 0.717) is 21.5 Å². The highest BCUT2D eigenvalue weighted by atomic mass is 32.2. The molecular formula is C19H25N3O4S2. The number of anilines is 1. The van der Waals surface area contributed by atoms with E-state index in [1.165, 1.54) is 18.8 Å². The van der Waals surface area contributed by atoms with Gasteiger partial charge < -0.3 is 20.3 Å². The summed E-state index contributed by atoms with van der Waals surface area (Å²) < 4.78 is 5.69. The molecule has 1 aliphatic rings. The van der Waals surface area contributed by atoms with Crippen LogP contribution in [0.5, 0.6) is 0 Å². The summed E-state index contributed by atoms with van der Waals surface area (Å²) in [6.45, 7) is 3.67. The number of thiocarbonyl (C=S) groups is 1. The number of carbonyl (C=O) groups excluding carboxylic acids is 3. The number of ether oxygens (including phenoxy) is 1. The van der Waals surface area contributed by atoms with Gasteiger partial charge in [-0.3, -0.25) is 14.4 Å². The summed E-state index contributed by atoms with van der Waals surface area (Å²) in [6, 6.07) is 6.50. The number of nitrogens with zero attached hydrogens (tertiary/aromatic N) is 1. The van der Waals surface area contributed by atoms with Gasteiger partial charge in [0.1, 0.15) is 4.32 Å². The van der Waals surface area contributed by atoms with Crippen molar-refractivity contribution in [3.8, 4) is 0 Å². The Morgan fingerprint density at radius 1 is 1.29 bits per heavy atom. The number of hydrogen-bond donors (Lipinski definition) is 2. The second-order valence-corrected chi connectivity index (χ2v) is 8.20. The lowest BCUT2D eigenvalue weighted by molar-refractivity contribution is -0.144. The van der Waals surface area contributed by atoms with Gasteiger partial charge in [0.2, 0.25) is 0 Å². The smallest absolute Gasteiger partial charge is 0.316 e. The normalized spacial score (nSPS) is 14.3. The van der Waals surface area contributed by atoms with E-state index in [4.69, 9.17) is 17.0 Å². The van der Waals surface area contributed by atoms with Crippen molar-refractivity contribution >= 4 is 51.8 Å². The Labute approximate surface area is 174 Å². The topological polar surface area (TPSA) is 87.7 Å². The van der Waals surface area contributed by atoms with Gasteiger partial charge in [-0.05, 0) is 37.0 Å². The van der Waals surface area contributed by atoms with Crippen molar-refractivity contribution in [3.63, 3.8) is 0 Å². The summed E-state index contributed by atoms with van der Waals surface area (Å²) in [7, 11) is 1.53. The number of esters is 1. The maximum Gasteiger partial charge on any atom is 0.316 e. The molecule has 0 saturated carbocycles. The van der Waals surface area contributed by atoms with Crippen LogP contribution in [0.3, 0.4) is 0 Å². The summed E-state index contributed by atoms with van der Waals surface area (Å²) in [5, 5.41) is 5.11. The highest BCUT2D eigenvalue weighted by molar-refractivity contribution is 8.23. The molecule has 1 aromatic rings. The maximum absolute atomic E-state index is 12.0. The first-order valence-corrected chi connectivity index (χ1v) is 10.5. The molecule has 0 radical (unpaired) electrons. The van der Waals surface area contributed by atoms with Crippen LogP contribution in [0.15, 0.2) is 24.3 Å². The number of benzene rings is 1. The number of amides is 2. The zero-order valence-corrected chi connectivity index (χ0v) is 17.7. The number of thioether (sulfide) groups is 1. The molecule has 0 unspecified atom stereocenters. The summed E-state index contributed by atoms with van der Waals surface area (Å²) in [5.74, 6) is -0.431. The molecule has 28 heavy (non-hydrogen) atoms. The maximum atomic E-state index is 12.0. The van der Waals surface area contributed by atoms with Gasteiger partial charge in [0, 0.05) is 31.4 Å². The molecule has 152 valence electrons. The number of carbonyl (C=O) groups is 3. The molecular weight excluding hydrogens is 398 g/mol.